The number of hydrogen-bond donors (Lipinski definition) is 4. The summed E-state index contributed by atoms with van der Waals surface area (Å²) in [6.07, 6.45) is -27.6. The molecule has 0 bridgehead atoms. The molecule has 0 unspecified atom stereocenters. The molecule has 0 aromatic heterocycles. The predicted octanol–water partition coefficient (Wildman–Crippen LogP) is -16.2. The zero-order valence-electron chi connectivity index (χ0n) is 46.9. The van der Waals surface area contributed by atoms with E-state index in [1.807, 2.05) is 24.3 Å². The van der Waals surface area contributed by atoms with Crippen molar-refractivity contribution in [3.8, 4) is 0 Å². The molecule has 2 aliphatic rings. The number of carbonyl (C=O) groups excluding carboxylic acids is 2. The van der Waals surface area contributed by atoms with Crippen molar-refractivity contribution in [2.75, 3.05) is 28.2 Å². The van der Waals surface area contributed by atoms with Crippen LogP contribution in [-0.2, 0) is 22.4 Å². The highest BCUT2D eigenvalue weighted by atomic mass is 16.2. The van der Waals surface area contributed by atoms with Crippen molar-refractivity contribution in [2.45, 2.75) is 45.4 Å². The second kappa shape index (κ2) is 37.4. The molecule has 2 heterocycles. The van der Waals surface area contributed by atoms with E-state index in [9.17, 15) is 9.59 Å². The lowest BCUT2D eigenvalue weighted by atomic mass is 8.24. The molecule has 2 aliphatic heterocycles. The topological polar surface area (TPSA) is 96.2 Å². The molecule has 307 valence electrons. The van der Waals surface area contributed by atoms with Crippen molar-refractivity contribution in [3.63, 3.8) is 0 Å². The molecular formula is C22H28B53N4O2. The second-order valence-electron chi connectivity index (χ2n) is 21.7. The second-order valence-corrected chi connectivity index (χ2v) is 21.7. The number of fused-ring (bicyclic) bond motifs is 2. The number of nitrogens with one attached hydrogen (secondary N) is 3. The van der Waals surface area contributed by atoms with Gasteiger partial charge in [0.15, 0.2) is 0 Å². The number of hydrogen-bond acceptors (Lipinski definition) is 4. The molecule has 2 aromatic rings. The summed E-state index contributed by atoms with van der Waals surface area (Å²) >= 11 is 0. The fourth-order valence-corrected chi connectivity index (χ4v) is 12.4. The molecule has 55 radical (unpaired) electrons. The van der Waals surface area contributed by atoms with Crippen molar-refractivity contribution >= 4 is 410 Å². The highest BCUT2D eigenvalue weighted by Gasteiger charge is 2.61. The number of benzene rings is 2. The van der Waals surface area contributed by atoms with Crippen LogP contribution in [0.3, 0.4) is 0 Å². The highest BCUT2D eigenvalue weighted by Crippen LogP contribution is 2.27. The van der Waals surface area contributed by atoms with Gasteiger partial charge in [0.05, 0.1) is 0 Å². The van der Waals surface area contributed by atoms with Crippen molar-refractivity contribution in [2.24, 2.45) is 0 Å². The van der Waals surface area contributed by atoms with E-state index in [0.717, 1.165) is 49.3 Å². The molecule has 0 atom stereocenters. The van der Waals surface area contributed by atoms with E-state index in [2.05, 4.69) is 35.0 Å². The minimum absolute atomic E-state index is 0.0874. The van der Waals surface area contributed by atoms with E-state index < -0.39 is 160 Å². The summed E-state index contributed by atoms with van der Waals surface area (Å²) in [5.74, 6) is 0.215. The normalized spacial score (nSPS) is 11.7. The van der Waals surface area contributed by atoms with E-state index >= 15 is 0 Å². The number of nitrogen functional groups attached to an aromatic ring is 1. The van der Waals surface area contributed by atoms with Gasteiger partial charge in [0.25, 0.3) is 0 Å². The minimum atomic E-state index is -1.40. The first kappa shape index (κ1) is 77.5. The first-order chi connectivity index (χ1) is 37.7. The van der Waals surface area contributed by atoms with E-state index in [0.29, 0.717) is 18.5 Å². The number of aryl methyl sites for hydroxylation is 2. The average Bonchev–Trinajstić information content (AvgIpc) is 3.62. The molecule has 59 heteroatoms. The molecule has 0 aliphatic carbocycles. The van der Waals surface area contributed by atoms with Gasteiger partial charge >= 0.3 is 0 Å². The summed E-state index contributed by atoms with van der Waals surface area (Å²) in [6, 6.07) is 11.9. The SMILES string of the molecule is CCNc1ccc2c(c1)NC(=O)CCC2.Nc1ccc2c(c1)NC(=O)CCC2.[B][B]B(B([B])[B])B(B(B([B])[B])B([B])[B])B(B(B([B])[B])B([B])[B])B(B(B(B([B])[B])B([B])[B])B(B([B])[B])B([B])[B])B(B(B([B])[B])B([B])[B])B(B([B])[B])B([B])[B]. The Balaban J connectivity index is 0.000000630. The Kier molecular flexibility index (Phi) is 35.8. The Morgan fingerprint density at radius 1 is 0.407 bits per heavy atom. The molecule has 2 amide bonds. The molecule has 5 N–H and O–H groups in total. The summed E-state index contributed by atoms with van der Waals surface area (Å²) in [6.45, 7) is 2.96. The van der Waals surface area contributed by atoms with Gasteiger partial charge in [0.1, 0.15) is 0 Å². The summed E-state index contributed by atoms with van der Waals surface area (Å²) in [5, 5.41) is 9.03. The average molecular weight is 954 g/mol. The van der Waals surface area contributed by atoms with Gasteiger partial charge in [-0.1, -0.05) is 12.1 Å². The first-order valence-corrected chi connectivity index (χ1v) is 27.2. The van der Waals surface area contributed by atoms with E-state index in [1.165, 1.54) is 18.2 Å². The van der Waals surface area contributed by atoms with Crippen LogP contribution in [-0.4, -0.2) is 394 Å². The number of anilines is 4. The van der Waals surface area contributed by atoms with Gasteiger partial charge in [-0.15, -0.1) is 0 Å². The fraction of sp³-hybridized carbons (Fsp3) is 0.364. The van der Waals surface area contributed by atoms with Gasteiger partial charge in [-0.25, -0.2) is 0 Å². The van der Waals surface area contributed by atoms with Crippen LogP contribution in [0.4, 0.5) is 22.7 Å². The van der Waals surface area contributed by atoms with Crippen LogP contribution in [0.2, 0.25) is 0 Å². The largest absolute Gasteiger partial charge is 0.399 e. The zero-order valence-corrected chi connectivity index (χ0v) is 46.9. The molecule has 0 saturated heterocycles. The number of rotatable bonds is 27. The van der Waals surface area contributed by atoms with Gasteiger partial charge in [-0.05, 0) is 68.0 Å². The molecule has 0 spiro atoms. The van der Waals surface area contributed by atoms with Crippen molar-refractivity contribution in [1.82, 2.24) is 0 Å². The molecule has 2 aromatic carbocycles. The van der Waals surface area contributed by atoms with Gasteiger partial charge < -0.3 is 21.7 Å². The van der Waals surface area contributed by atoms with Gasteiger partial charge in [-0.2, -0.15) is 0 Å². The van der Waals surface area contributed by atoms with Gasteiger partial charge in [0, 0.05) is 418 Å². The van der Waals surface area contributed by atoms with Crippen LogP contribution in [0.25, 0.3) is 0 Å². The Labute approximate surface area is 536 Å². The standard InChI is InChI=1S/C12H16N2O.C10H12N2O.B53/c1-2-13-10-7-6-9-4-3-5-12(15)14-11(9)8-10;11-8-5-4-7-2-1-3-10(13)12-9(7)6-8;1-28-42(29(2)3)49(43(30(4)5)31(6)7)52(48(40(24)25)41(26)27)53(50(44(32(8)9)33(10)11)45(34(12)13)35(14)15)51(46(36(16)17)37(18)19)47(38(20)21)39(22)23/h6-8,13H,2-5H2,1H3,(H,14,15);4-6H,1-3,11H2,(H,12,13);. The third kappa shape index (κ3) is 22.8. The summed E-state index contributed by atoms with van der Waals surface area (Å²) in [5.41, 5.74) is 11.7. The van der Waals surface area contributed by atoms with E-state index in [4.69, 9.17) is 215 Å². The van der Waals surface area contributed by atoms with E-state index in [-0.39, 0.29) is 11.8 Å². The van der Waals surface area contributed by atoms with Crippen LogP contribution in [0.15, 0.2) is 36.4 Å². The van der Waals surface area contributed by atoms with Crippen LogP contribution in [0.1, 0.15) is 43.7 Å². The summed E-state index contributed by atoms with van der Waals surface area (Å²) in [7, 11) is 176. The highest BCUT2D eigenvalue weighted by molar-refractivity contribution is 8.36. The molecule has 0 saturated carbocycles. The van der Waals surface area contributed by atoms with Crippen LogP contribution in [0.5, 0.6) is 0 Å². The fourth-order valence-electron chi connectivity index (χ4n) is 12.4. The van der Waals surface area contributed by atoms with Crippen LogP contribution >= 0.6 is 0 Å². The summed E-state index contributed by atoms with van der Waals surface area (Å²) < 4.78 is 0. The van der Waals surface area contributed by atoms with Crippen molar-refractivity contribution in [1.29, 1.82) is 0 Å². The Morgan fingerprint density at radius 3 is 0.988 bits per heavy atom. The third-order valence-corrected chi connectivity index (χ3v) is 15.8. The molecule has 6 nitrogen and oxygen atoms in total. The maximum Gasteiger partial charge on any atom is 0.224 e. The lowest BCUT2D eigenvalue weighted by molar-refractivity contribution is -0.117. The number of amides is 2. The molecular weight excluding hydrogens is 925 g/mol. The lowest BCUT2D eigenvalue weighted by Gasteiger charge is -2.57. The lowest BCUT2D eigenvalue weighted by Crippen LogP contribution is -2.95. The van der Waals surface area contributed by atoms with Crippen LogP contribution in [0, 0.1) is 0 Å². The monoisotopic (exact) mass is 964 g/mol. The quantitative estimate of drug-likeness (QED) is 0.0530. The minimum Gasteiger partial charge on any atom is -0.399 e. The summed E-state index contributed by atoms with van der Waals surface area (Å²) in [4.78, 5) is 22.6. The Morgan fingerprint density at radius 2 is 0.691 bits per heavy atom. The molecule has 4 rings (SSSR count). The maximum absolute atomic E-state index is 11.4. The van der Waals surface area contributed by atoms with Crippen LogP contribution < -0.4 is 21.7 Å². The zero-order chi connectivity index (χ0) is 62.1. The number of nitrogens with two attached hydrogens (primary N) is 1. The molecule has 0 fully saturated rings. The Bertz CT molecular complexity index is 2030. The molecule has 81 heavy (non-hydrogen) atoms. The maximum atomic E-state index is 11.4. The van der Waals surface area contributed by atoms with Crippen molar-refractivity contribution < 1.29 is 9.59 Å². The van der Waals surface area contributed by atoms with Gasteiger partial charge in [-0.3, -0.25) is 9.59 Å². The Hall–Kier alpha value is 0.422. The first-order valence-electron chi connectivity index (χ1n) is 27.2. The predicted molar refractivity (Wildman–Crippen MR) is 420 cm³/mol. The van der Waals surface area contributed by atoms with Crippen molar-refractivity contribution in [3.05, 3.63) is 47.5 Å². The van der Waals surface area contributed by atoms with E-state index in [1.54, 1.807) is 0 Å². The third-order valence-electron chi connectivity index (χ3n) is 15.8. The van der Waals surface area contributed by atoms with Gasteiger partial charge in [0.2, 0.25) is 11.8 Å². The smallest absolute Gasteiger partial charge is 0.224 e. The number of carbonyl (C=O) groups is 2.